The smallest absolute Gasteiger partial charge is 0.233 e. The molecule has 0 unspecified atom stereocenters. The molecular weight excluding hydrogens is 302 g/mol. The topological polar surface area (TPSA) is 61.4 Å². The molecule has 0 radical (unpaired) electrons. The van der Waals surface area contributed by atoms with E-state index in [2.05, 4.69) is 22.5 Å². The van der Waals surface area contributed by atoms with Crippen LogP contribution in [-0.2, 0) is 9.59 Å². The van der Waals surface area contributed by atoms with Crippen molar-refractivity contribution in [2.24, 2.45) is 0 Å². The first-order chi connectivity index (χ1) is 11.7. The summed E-state index contributed by atoms with van der Waals surface area (Å²) in [6, 6.07) is 7.87. The minimum atomic E-state index is -0.270. The Morgan fingerprint density at radius 2 is 1.71 bits per heavy atom. The third kappa shape index (κ3) is 6.22. The van der Waals surface area contributed by atoms with Crippen LogP contribution in [0.4, 0.5) is 11.4 Å². The van der Waals surface area contributed by atoms with Gasteiger partial charge in [-0.2, -0.15) is 0 Å². The van der Waals surface area contributed by atoms with Crippen molar-refractivity contribution >= 4 is 23.2 Å². The van der Waals surface area contributed by atoms with Gasteiger partial charge in [-0.1, -0.05) is 19.8 Å². The second-order valence-electron chi connectivity index (χ2n) is 6.38. The van der Waals surface area contributed by atoms with Crippen LogP contribution in [0.25, 0.3) is 0 Å². The molecule has 5 heteroatoms. The Morgan fingerprint density at radius 3 is 2.38 bits per heavy atom. The summed E-state index contributed by atoms with van der Waals surface area (Å²) in [5.74, 6) is -0.484. The van der Waals surface area contributed by atoms with Crippen LogP contribution in [0.3, 0.4) is 0 Å². The second-order valence-corrected chi connectivity index (χ2v) is 6.38. The van der Waals surface area contributed by atoms with Crippen molar-refractivity contribution in [1.82, 2.24) is 5.32 Å². The predicted molar refractivity (Wildman–Crippen MR) is 98.3 cm³/mol. The lowest BCUT2D eigenvalue weighted by atomic mass is 10.1. The SMILES string of the molecule is CCCCCNC(=O)CC(=O)Nc1ccc(N2CCCCC2)cc1. The third-order valence-corrected chi connectivity index (χ3v) is 4.30. The zero-order chi connectivity index (χ0) is 17.2. The van der Waals surface area contributed by atoms with Gasteiger partial charge in [-0.25, -0.2) is 0 Å². The fourth-order valence-electron chi connectivity index (χ4n) is 2.92. The van der Waals surface area contributed by atoms with Crippen LogP contribution in [0.1, 0.15) is 51.9 Å². The van der Waals surface area contributed by atoms with Gasteiger partial charge in [0.25, 0.3) is 0 Å². The molecular formula is C19H29N3O2. The monoisotopic (exact) mass is 331 g/mol. The third-order valence-electron chi connectivity index (χ3n) is 4.30. The van der Waals surface area contributed by atoms with E-state index in [0.717, 1.165) is 38.0 Å². The Labute approximate surface area is 144 Å². The molecule has 1 aliphatic rings. The average molecular weight is 331 g/mol. The van der Waals surface area contributed by atoms with Gasteiger partial charge >= 0.3 is 0 Å². The average Bonchev–Trinajstić information content (AvgIpc) is 2.60. The summed E-state index contributed by atoms with van der Waals surface area (Å²) < 4.78 is 0. The largest absolute Gasteiger partial charge is 0.372 e. The van der Waals surface area contributed by atoms with Crippen LogP contribution < -0.4 is 15.5 Å². The maximum absolute atomic E-state index is 11.9. The van der Waals surface area contributed by atoms with E-state index in [0.29, 0.717) is 6.54 Å². The van der Waals surface area contributed by atoms with E-state index in [1.807, 2.05) is 24.3 Å². The van der Waals surface area contributed by atoms with Crippen LogP contribution in [-0.4, -0.2) is 31.4 Å². The molecule has 1 saturated heterocycles. The molecule has 1 aromatic carbocycles. The zero-order valence-corrected chi connectivity index (χ0v) is 14.6. The number of amides is 2. The number of hydrogen-bond donors (Lipinski definition) is 2. The zero-order valence-electron chi connectivity index (χ0n) is 14.6. The fraction of sp³-hybridized carbons (Fsp3) is 0.579. The van der Waals surface area contributed by atoms with Gasteiger partial charge in [0.15, 0.2) is 0 Å². The summed E-state index contributed by atoms with van der Waals surface area (Å²) in [4.78, 5) is 26.0. The highest BCUT2D eigenvalue weighted by atomic mass is 16.2. The maximum atomic E-state index is 11.9. The van der Waals surface area contributed by atoms with Crippen LogP contribution in [0.2, 0.25) is 0 Å². The van der Waals surface area contributed by atoms with E-state index in [9.17, 15) is 9.59 Å². The van der Waals surface area contributed by atoms with Crippen molar-refractivity contribution in [3.05, 3.63) is 24.3 Å². The summed E-state index contributed by atoms with van der Waals surface area (Å²) in [5, 5.41) is 5.57. The minimum Gasteiger partial charge on any atom is -0.372 e. The van der Waals surface area contributed by atoms with Crippen LogP contribution in [0.15, 0.2) is 24.3 Å². The van der Waals surface area contributed by atoms with Crippen molar-refractivity contribution in [3.63, 3.8) is 0 Å². The molecule has 0 spiro atoms. The molecule has 0 aliphatic carbocycles. The molecule has 0 bridgehead atoms. The number of carbonyl (C=O) groups is 2. The maximum Gasteiger partial charge on any atom is 0.233 e. The first kappa shape index (κ1) is 18.3. The van der Waals surface area contributed by atoms with Gasteiger partial charge in [-0.15, -0.1) is 0 Å². The number of hydrogen-bond acceptors (Lipinski definition) is 3. The molecule has 5 nitrogen and oxygen atoms in total. The number of piperidine rings is 1. The van der Waals surface area contributed by atoms with E-state index >= 15 is 0 Å². The molecule has 24 heavy (non-hydrogen) atoms. The quantitative estimate of drug-likeness (QED) is 0.567. The van der Waals surface area contributed by atoms with Crippen molar-refractivity contribution in [2.45, 2.75) is 51.9 Å². The molecule has 0 saturated carbocycles. The Morgan fingerprint density at radius 1 is 1.00 bits per heavy atom. The summed E-state index contributed by atoms with van der Waals surface area (Å²) >= 11 is 0. The van der Waals surface area contributed by atoms with E-state index in [1.54, 1.807) is 0 Å². The Bertz CT molecular complexity index is 522. The van der Waals surface area contributed by atoms with Gasteiger partial charge in [-0.05, 0) is 49.9 Å². The molecule has 132 valence electrons. The highest BCUT2D eigenvalue weighted by molar-refractivity contribution is 6.03. The van der Waals surface area contributed by atoms with Gasteiger partial charge in [0.2, 0.25) is 11.8 Å². The number of nitrogens with one attached hydrogen (secondary N) is 2. The number of unbranched alkanes of at least 4 members (excludes halogenated alkanes) is 2. The van der Waals surface area contributed by atoms with Crippen LogP contribution >= 0.6 is 0 Å². The van der Waals surface area contributed by atoms with E-state index in [1.165, 1.54) is 24.9 Å². The Hall–Kier alpha value is -2.04. The van der Waals surface area contributed by atoms with Crippen molar-refractivity contribution in [1.29, 1.82) is 0 Å². The first-order valence-corrected chi connectivity index (χ1v) is 9.10. The normalized spacial score (nSPS) is 14.3. The van der Waals surface area contributed by atoms with E-state index < -0.39 is 0 Å². The van der Waals surface area contributed by atoms with E-state index in [4.69, 9.17) is 0 Å². The molecule has 1 fully saturated rings. The number of carbonyl (C=O) groups excluding carboxylic acids is 2. The standard InChI is InChI=1S/C19H29N3O2/c1-2-3-5-12-20-18(23)15-19(24)21-16-8-10-17(11-9-16)22-13-6-4-7-14-22/h8-11H,2-7,12-15H2,1H3,(H,20,23)(H,21,24). The summed E-state index contributed by atoms with van der Waals surface area (Å²) in [7, 11) is 0. The van der Waals surface area contributed by atoms with Crippen molar-refractivity contribution in [3.8, 4) is 0 Å². The molecule has 2 N–H and O–H groups in total. The predicted octanol–water partition coefficient (Wildman–Crippen LogP) is 3.31. The molecule has 1 aliphatic heterocycles. The molecule has 0 atom stereocenters. The number of rotatable bonds is 8. The molecule has 2 rings (SSSR count). The van der Waals surface area contributed by atoms with Crippen molar-refractivity contribution < 1.29 is 9.59 Å². The minimum absolute atomic E-state index is 0.125. The summed E-state index contributed by atoms with van der Waals surface area (Å²) in [6.07, 6.45) is 6.84. The number of benzene rings is 1. The fourth-order valence-corrected chi connectivity index (χ4v) is 2.92. The van der Waals surface area contributed by atoms with Crippen LogP contribution in [0, 0.1) is 0 Å². The van der Waals surface area contributed by atoms with E-state index in [-0.39, 0.29) is 18.2 Å². The molecule has 0 aromatic heterocycles. The molecule has 1 heterocycles. The Kier molecular flexibility index (Phi) is 7.59. The highest BCUT2D eigenvalue weighted by Gasteiger charge is 2.12. The van der Waals surface area contributed by atoms with Gasteiger partial charge < -0.3 is 15.5 Å². The summed E-state index contributed by atoms with van der Waals surface area (Å²) in [5.41, 5.74) is 1.93. The number of anilines is 2. The highest BCUT2D eigenvalue weighted by Crippen LogP contribution is 2.21. The second kappa shape index (κ2) is 9.96. The summed E-state index contributed by atoms with van der Waals surface area (Å²) in [6.45, 7) is 4.96. The van der Waals surface area contributed by atoms with Crippen LogP contribution in [0.5, 0.6) is 0 Å². The Balaban J connectivity index is 1.74. The molecule has 1 aromatic rings. The molecule has 2 amide bonds. The van der Waals surface area contributed by atoms with Crippen molar-refractivity contribution in [2.75, 3.05) is 29.9 Å². The lowest BCUT2D eigenvalue weighted by Gasteiger charge is -2.28. The lowest BCUT2D eigenvalue weighted by Crippen LogP contribution is -2.29. The number of nitrogens with zero attached hydrogens (tertiary/aromatic N) is 1. The van der Waals surface area contributed by atoms with Gasteiger partial charge in [0, 0.05) is 31.0 Å². The van der Waals surface area contributed by atoms with Gasteiger partial charge in [0.1, 0.15) is 6.42 Å². The van der Waals surface area contributed by atoms with Gasteiger partial charge in [0.05, 0.1) is 0 Å². The van der Waals surface area contributed by atoms with Gasteiger partial charge in [-0.3, -0.25) is 9.59 Å². The first-order valence-electron chi connectivity index (χ1n) is 9.10. The lowest BCUT2D eigenvalue weighted by molar-refractivity contribution is -0.126.